The minimum absolute atomic E-state index is 0.148. The molecule has 0 aliphatic carbocycles. The van der Waals surface area contributed by atoms with Crippen molar-refractivity contribution in [3.05, 3.63) is 58.6 Å². The lowest BCUT2D eigenvalue weighted by molar-refractivity contribution is -0.118. The molecule has 0 aliphatic rings. The van der Waals surface area contributed by atoms with Crippen molar-refractivity contribution >= 4 is 33.4 Å². The number of hydrogen-bond donors (Lipinski definition) is 2. The van der Waals surface area contributed by atoms with Crippen molar-refractivity contribution in [2.24, 2.45) is 5.92 Å². The number of para-hydroxylation sites is 2. The lowest BCUT2D eigenvalue weighted by Crippen LogP contribution is -2.29. The Balaban J connectivity index is 1.98. The van der Waals surface area contributed by atoms with Gasteiger partial charge in [0.25, 0.3) is 11.8 Å². The van der Waals surface area contributed by atoms with Crippen LogP contribution in [0.3, 0.4) is 0 Å². The Morgan fingerprint density at radius 1 is 1.08 bits per heavy atom. The zero-order valence-electron chi connectivity index (χ0n) is 14.2. The standard InChI is InChI=1S/C19H21BrN2O3/c1-13(2)11-21-19(24)14-7-3-5-9-16(14)22-18(23)12-25-17-10-6-4-8-15(17)20/h3-10,13H,11-12H2,1-2H3,(H,21,24)(H,22,23). The number of carbonyl (C=O) groups is 2. The molecule has 2 aromatic rings. The molecule has 25 heavy (non-hydrogen) atoms. The van der Waals surface area contributed by atoms with E-state index < -0.39 is 0 Å². The molecule has 0 spiro atoms. The van der Waals surface area contributed by atoms with Crippen LogP contribution in [0.4, 0.5) is 5.69 Å². The molecule has 0 unspecified atom stereocenters. The van der Waals surface area contributed by atoms with E-state index in [1.807, 2.05) is 32.0 Å². The summed E-state index contributed by atoms with van der Waals surface area (Å²) in [6.45, 7) is 4.47. The van der Waals surface area contributed by atoms with Gasteiger partial charge in [-0.05, 0) is 46.1 Å². The van der Waals surface area contributed by atoms with E-state index in [4.69, 9.17) is 4.74 Å². The number of carbonyl (C=O) groups excluding carboxylic acids is 2. The van der Waals surface area contributed by atoms with Crippen molar-refractivity contribution in [2.75, 3.05) is 18.5 Å². The number of benzene rings is 2. The van der Waals surface area contributed by atoms with Gasteiger partial charge < -0.3 is 15.4 Å². The quantitative estimate of drug-likeness (QED) is 0.736. The molecular formula is C19H21BrN2O3. The number of ether oxygens (including phenoxy) is 1. The van der Waals surface area contributed by atoms with E-state index >= 15 is 0 Å². The van der Waals surface area contributed by atoms with Crippen LogP contribution in [0, 0.1) is 5.92 Å². The van der Waals surface area contributed by atoms with Crippen LogP contribution in [-0.2, 0) is 4.79 Å². The monoisotopic (exact) mass is 404 g/mol. The van der Waals surface area contributed by atoms with Crippen molar-refractivity contribution in [1.82, 2.24) is 5.32 Å². The van der Waals surface area contributed by atoms with Gasteiger partial charge in [-0.2, -0.15) is 0 Å². The average Bonchev–Trinajstić information content (AvgIpc) is 2.59. The van der Waals surface area contributed by atoms with Crippen LogP contribution in [0.1, 0.15) is 24.2 Å². The van der Waals surface area contributed by atoms with Gasteiger partial charge in [0.2, 0.25) is 0 Å². The van der Waals surface area contributed by atoms with Crippen molar-refractivity contribution < 1.29 is 14.3 Å². The Morgan fingerprint density at radius 2 is 1.76 bits per heavy atom. The number of amides is 2. The first kappa shape index (κ1) is 19.0. The summed E-state index contributed by atoms with van der Waals surface area (Å²) in [7, 11) is 0. The Bertz CT molecular complexity index is 747. The molecule has 0 aliphatic heterocycles. The first-order chi connectivity index (χ1) is 12.0. The molecule has 0 atom stereocenters. The fourth-order valence-corrected chi connectivity index (χ4v) is 2.47. The first-order valence-electron chi connectivity index (χ1n) is 8.01. The summed E-state index contributed by atoms with van der Waals surface area (Å²) in [4.78, 5) is 24.4. The summed E-state index contributed by atoms with van der Waals surface area (Å²) in [6, 6.07) is 14.2. The second-order valence-electron chi connectivity index (χ2n) is 5.92. The molecule has 2 amide bonds. The highest BCUT2D eigenvalue weighted by Crippen LogP contribution is 2.23. The molecule has 0 heterocycles. The van der Waals surface area contributed by atoms with Gasteiger partial charge in [0.15, 0.2) is 6.61 Å². The van der Waals surface area contributed by atoms with E-state index in [0.717, 1.165) is 4.47 Å². The minimum Gasteiger partial charge on any atom is -0.483 e. The lowest BCUT2D eigenvalue weighted by Gasteiger charge is -2.13. The third-order valence-corrected chi connectivity index (χ3v) is 3.97. The molecule has 5 nitrogen and oxygen atoms in total. The SMILES string of the molecule is CC(C)CNC(=O)c1ccccc1NC(=O)COc1ccccc1Br. The molecule has 0 saturated heterocycles. The number of rotatable bonds is 7. The van der Waals surface area contributed by atoms with Gasteiger partial charge >= 0.3 is 0 Å². The zero-order chi connectivity index (χ0) is 18.2. The Labute approximate surface area is 155 Å². The van der Waals surface area contributed by atoms with Crippen LogP contribution in [-0.4, -0.2) is 25.0 Å². The Morgan fingerprint density at radius 3 is 2.48 bits per heavy atom. The molecule has 2 rings (SSSR count). The van der Waals surface area contributed by atoms with Gasteiger partial charge in [-0.3, -0.25) is 9.59 Å². The average molecular weight is 405 g/mol. The largest absolute Gasteiger partial charge is 0.483 e. The zero-order valence-corrected chi connectivity index (χ0v) is 15.8. The molecule has 0 aromatic heterocycles. The van der Waals surface area contributed by atoms with Crippen molar-refractivity contribution in [3.8, 4) is 5.75 Å². The Kier molecular flexibility index (Phi) is 7.01. The third-order valence-electron chi connectivity index (χ3n) is 3.31. The number of halogens is 1. The second-order valence-corrected chi connectivity index (χ2v) is 6.77. The Hall–Kier alpha value is -2.34. The van der Waals surface area contributed by atoms with E-state index in [0.29, 0.717) is 29.5 Å². The fraction of sp³-hybridized carbons (Fsp3) is 0.263. The van der Waals surface area contributed by atoms with Crippen LogP contribution >= 0.6 is 15.9 Å². The molecule has 2 N–H and O–H groups in total. The van der Waals surface area contributed by atoms with Gasteiger partial charge in [-0.25, -0.2) is 0 Å². The summed E-state index contributed by atoms with van der Waals surface area (Å²) >= 11 is 3.36. The normalized spacial score (nSPS) is 10.4. The van der Waals surface area contributed by atoms with Crippen molar-refractivity contribution in [2.45, 2.75) is 13.8 Å². The van der Waals surface area contributed by atoms with Crippen molar-refractivity contribution in [3.63, 3.8) is 0 Å². The summed E-state index contributed by atoms with van der Waals surface area (Å²) < 4.78 is 6.26. The molecule has 0 fully saturated rings. The molecule has 132 valence electrons. The molecule has 0 bridgehead atoms. The highest BCUT2D eigenvalue weighted by Gasteiger charge is 2.13. The summed E-state index contributed by atoms with van der Waals surface area (Å²) in [5.41, 5.74) is 0.891. The summed E-state index contributed by atoms with van der Waals surface area (Å²) in [5.74, 6) is 0.389. The van der Waals surface area contributed by atoms with Crippen LogP contribution in [0.25, 0.3) is 0 Å². The van der Waals surface area contributed by atoms with Gasteiger partial charge in [-0.1, -0.05) is 38.1 Å². The first-order valence-corrected chi connectivity index (χ1v) is 8.81. The number of nitrogens with one attached hydrogen (secondary N) is 2. The van der Waals surface area contributed by atoms with E-state index in [9.17, 15) is 9.59 Å². The van der Waals surface area contributed by atoms with Gasteiger partial charge in [-0.15, -0.1) is 0 Å². The smallest absolute Gasteiger partial charge is 0.262 e. The van der Waals surface area contributed by atoms with Crippen LogP contribution in [0.2, 0.25) is 0 Å². The van der Waals surface area contributed by atoms with E-state index in [1.165, 1.54) is 0 Å². The maximum Gasteiger partial charge on any atom is 0.262 e. The minimum atomic E-state index is -0.333. The number of hydrogen-bond acceptors (Lipinski definition) is 3. The van der Waals surface area contributed by atoms with Crippen LogP contribution < -0.4 is 15.4 Å². The predicted molar refractivity (Wildman–Crippen MR) is 102 cm³/mol. The third kappa shape index (κ3) is 5.90. The van der Waals surface area contributed by atoms with E-state index in [2.05, 4.69) is 26.6 Å². The molecule has 0 saturated carbocycles. The lowest BCUT2D eigenvalue weighted by atomic mass is 10.1. The van der Waals surface area contributed by atoms with Gasteiger partial charge in [0.1, 0.15) is 5.75 Å². The molecule has 6 heteroatoms. The highest BCUT2D eigenvalue weighted by molar-refractivity contribution is 9.10. The van der Waals surface area contributed by atoms with E-state index in [-0.39, 0.29) is 18.4 Å². The highest BCUT2D eigenvalue weighted by atomic mass is 79.9. The van der Waals surface area contributed by atoms with Crippen LogP contribution in [0.5, 0.6) is 5.75 Å². The molecular weight excluding hydrogens is 384 g/mol. The van der Waals surface area contributed by atoms with E-state index in [1.54, 1.807) is 30.3 Å². The topological polar surface area (TPSA) is 67.4 Å². The van der Waals surface area contributed by atoms with Gasteiger partial charge in [0, 0.05) is 6.54 Å². The number of anilines is 1. The maximum atomic E-state index is 12.3. The maximum absolute atomic E-state index is 12.3. The summed E-state index contributed by atoms with van der Waals surface area (Å²) in [6.07, 6.45) is 0. The predicted octanol–water partition coefficient (Wildman–Crippen LogP) is 3.85. The molecule has 0 radical (unpaired) electrons. The molecule has 2 aromatic carbocycles. The van der Waals surface area contributed by atoms with Crippen molar-refractivity contribution in [1.29, 1.82) is 0 Å². The van der Waals surface area contributed by atoms with Crippen LogP contribution in [0.15, 0.2) is 53.0 Å². The fourth-order valence-electron chi connectivity index (χ4n) is 2.07. The summed E-state index contributed by atoms with van der Waals surface area (Å²) in [5, 5.41) is 5.58. The van der Waals surface area contributed by atoms with Gasteiger partial charge in [0.05, 0.1) is 15.7 Å². The second kappa shape index (κ2) is 9.22.